The van der Waals surface area contributed by atoms with Gasteiger partial charge in [-0.3, -0.25) is 4.79 Å². The summed E-state index contributed by atoms with van der Waals surface area (Å²) in [5.74, 6) is 1.49. The molecule has 8 heteroatoms. The maximum Gasteiger partial charge on any atom is 0.486 e. The summed E-state index contributed by atoms with van der Waals surface area (Å²) < 4.78 is 21.9. The third-order valence-corrected chi connectivity index (χ3v) is 4.60. The average molecular weight is 383 g/mol. The third kappa shape index (κ3) is 7.54. The standard InChI is InChI=1S/C19H34BNO6/c1-17(2,3)25-16(23)21(14-11-15(22)24-8)13-10-9-12-20-26-18(4,5)19(6,7)27-20/h9,12H,10-11,13-14H2,1-8H3/b12-9+. The molecule has 7 nitrogen and oxygen atoms in total. The predicted octanol–water partition coefficient (Wildman–Crippen LogP) is 3.36. The first-order valence-corrected chi connectivity index (χ1v) is 9.34. The fourth-order valence-electron chi connectivity index (χ4n) is 2.35. The lowest BCUT2D eigenvalue weighted by atomic mass is 9.90. The van der Waals surface area contributed by atoms with Gasteiger partial charge in [0.1, 0.15) is 5.60 Å². The summed E-state index contributed by atoms with van der Waals surface area (Å²) in [6.45, 7) is 14.1. The van der Waals surface area contributed by atoms with Crippen LogP contribution in [-0.2, 0) is 23.6 Å². The highest BCUT2D eigenvalue weighted by molar-refractivity contribution is 6.51. The van der Waals surface area contributed by atoms with Crippen molar-refractivity contribution in [2.75, 3.05) is 20.2 Å². The van der Waals surface area contributed by atoms with E-state index in [1.54, 1.807) is 0 Å². The summed E-state index contributed by atoms with van der Waals surface area (Å²) >= 11 is 0. The number of hydrogen-bond donors (Lipinski definition) is 0. The van der Waals surface area contributed by atoms with Crippen molar-refractivity contribution in [3.63, 3.8) is 0 Å². The van der Waals surface area contributed by atoms with Gasteiger partial charge in [0, 0.05) is 13.1 Å². The molecule has 0 N–H and O–H groups in total. The van der Waals surface area contributed by atoms with Gasteiger partial charge in [0.05, 0.1) is 24.7 Å². The number of nitrogens with zero attached hydrogens (tertiary/aromatic N) is 1. The minimum absolute atomic E-state index is 0.122. The second-order valence-corrected chi connectivity index (χ2v) is 8.64. The van der Waals surface area contributed by atoms with Gasteiger partial charge in [-0.25, -0.2) is 4.79 Å². The first-order chi connectivity index (χ1) is 12.3. The second-order valence-electron chi connectivity index (χ2n) is 8.64. The Labute approximate surface area is 163 Å². The highest BCUT2D eigenvalue weighted by atomic mass is 16.7. The normalized spacial score (nSPS) is 18.6. The molecule has 1 amide bonds. The van der Waals surface area contributed by atoms with Crippen molar-refractivity contribution in [1.82, 2.24) is 4.90 Å². The van der Waals surface area contributed by atoms with E-state index in [1.165, 1.54) is 12.0 Å². The maximum atomic E-state index is 12.4. The molecule has 1 heterocycles. The topological polar surface area (TPSA) is 74.3 Å². The van der Waals surface area contributed by atoms with Crippen molar-refractivity contribution < 1.29 is 28.4 Å². The molecule has 0 aromatic carbocycles. The van der Waals surface area contributed by atoms with Crippen LogP contribution >= 0.6 is 0 Å². The Morgan fingerprint density at radius 1 is 1.07 bits per heavy atom. The monoisotopic (exact) mass is 383 g/mol. The van der Waals surface area contributed by atoms with Crippen LogP contribution in [0.5, 0.6) is 0 Å². The van der Waals surface area contributed by atoms with Crippen LogP contribution in [-0.4, -0.2) is 61.1 Å². The molecule has 154 valence electrons. The molecule has 0 aromatic rings. The molecule has 1 aliphatic rings. The predicted molar refractivity (Wildman–Crippen MR) is 104 cm³/mol. The number of carbonyl (C=O) groups is 2. The molecule has 1 aliphatic heterocycles. The summed E-state index contributed by atoms with van der Waals surface area (Å²) in [6.07, 6.45) is 2.18. The Morgan fingerprint density at radius 2 is 1.63 bits per heavy atom. The lowest BCUT2D eigenvalue weighted by Crippen LogP contribution is -2.41. The molecule has 1 fully saturated rings. The lowest BCUT2D eigenvalue weighted by molar-refractivity contribution is -0.140. The van der Waals surface area contributed by atoms with E-state index in [-0.39, 0.29) is 30.1 Å². The molecule has 1 rings (SSSR count). The molecule has 0 radical (unpaired) electrons. The Balaban J connectivity index is 2.60. The molecule has 0 spiro atoms. The highest BCUT2D eigenvalue weighted by Gasteiger charge is 2.49. The molecule has 0 aliphatic carbocycles. The minimum atomic E-state index is -0.598. The van der Waals surface area contributed by atoms with Crippen molar-refractivity contribution in [1.29, 1.82) is 0 Å². The Kier molecular flexibility index (Phi) is 7.93. The summed E-state index contributed by atoms with van der Waals surface area (Å²) in [6, 6.07) is 0. The van der Waals surface area contributed by atoms with Crippen LogP contribution in [0.15, 0.2) is 12.1 Å². The van der Waals surface area contributed by atoms with Crippen molar-refractivity contribution in [3.05, 3.63) is 12.1 Å². The smallest absolute Gasteiger partial charge is 0.469 e. The quantitative estimate of drug-likeness (QED) is 0.496. The number of methoxy groups -OCH3 is 1. The minimum Gasteiger partial charge on any atom is -0.469 e. The van der Waals surface area contributed by atoms with Crippen LogP contribution in [0, 0.1) is 0 Å². The van der Waals surface area contributed by atoms with E-state index in [0.717, 1.165) is 0 Å². The molecule has 0 atom stereocenters. The van der Waals surface area contributed by atoms with Gasteiger partial charge in [-0.15, -0.1) is 0 Å². The van der Waals surface area contributed by atoms with E-state index in [4.69, 9.17) is 14.0 Å². The Hall–Kier alpha value is -1.54. The summed E-state index contributed by atoms with van der Waals surface area (Å²) in [5, 5.41) is 0. The van der Waals surface area contributed by atoms with E-state index in [9.17, 15) is 9.59 Å². The van der Waals surface area contributed by atoms with Crippen LogP contribution in [0.1, 0.15) is 61.3 Å². The number of ether oxygens (including phenoxy) is 2. The Bertz CT molecular complexity index is 537. The van der Waals surface area contributed by atoms with Crippen molar-refractivity contribution in [2.45, 2.75) is 78.1 Å². The summed E-state index contributed by atoms with van der Waals surface area (Å²) in [4.78, 5) is 25.3. The first-order valence-electron chi connectivity index (χ1n) is 9.34. The first kappa shape index (κ1) is 23.5. The van der Waals surface area contributed by atoms with Crippen molar-refractivity contribution in [2.24, 2.45) is 0 Å². The van der Waals surface area contributed by atoms with E-state index < -0.39 is 18.8 Å². The van der Waals surface area contributed by atoms with E-state index in [2.05, 4.69) is 4.74 Å². The number of hydrogen-bond acceptors (Lipinski definition) is 6. The zero-order valence-corrected chi connectivity index (χ0v) is 18.0. The van der Waals surface area contributed by atoms with Gasteiger partial charge in [-0.1, -0.05) is 12.1 Å². The van der Waals surface area contributed by atoms with E-state index in [1.807, 2.05) is 60.5 Å². The van der Waals surface area contributed by atoms with Gasteiger partial charge in [0.15, 0.2) is 0 Å². The molecule has 0 bridgehead atoms. The van der Waals surface area contributed by atoms with Crippen LogP contribution in [0.2, 0.25) is 0 Å². The van der Waals surface area contributed by atoms with Gasteiger partial charge in [0.2, 0.25) is 0 Å². The largest absolute Gasteiger partial charge is 0.486 e. The fraction of sp³-hybridized carbons (Fsp3) is 0.789. The van der Waals surface area contributed by atoms with Gasteiger partial charge in [-0.05, 0) is 54.9 Å². The number of carbonyl (C=O) groups excluding carboxylic acids is 2. The lowest BCUT2D eigenvalue weighted by Gasteiger charge is -2.32. The highest BCUT2D eigenvalue weighted by Crippen LogP contribution is 2.36. The third-order valence-electron chi connectivity index (χ3n) is 4.60. The van der Waals surface area contributed by atoms with Gasteiger partial charge in [0.25, 0.3) is 0 Å². The van der Waals surface area contributed by atoms with Crippen LogP contribution < -0.4 is 0 Å². The van der Waals surface area contributed by atoms with Gasteiger partial charge >= 0.3 is 19.2 Å². The van der Waals surface area contributed by atoms with Crippen LogP contribution in [0.4, 0.5) is 4.79 Å². The zero-order valence-electron chi connectivity index (χ0n) is 18.0. The number of esters is 1. The maximum absolute atomic E-state index is 12.4. The van der Waals surface area contributed by atoms with Crippen LogP contribution in [0.25, 0.3) is 0 Å². The fourth-order valence-corrected chi connectivity index (χ4v) is 2.35. The summed E-state index contributed by atoms with van der Waals surface area (Å²) in [7, 11) is 0.910. The van der Waals surface area contributed by atoms with Crippen molar-refractivity contribution >= 4 is 19.2 Å². The molecular formula is C19H34BNO6. The van der Waals surface area contributed by atoms with Gasteiger partial charge in [-0.2, -0.15) is 0 Å². The SMILES string of the molecule is COC(=O)CCN(CC/C=C/B1OC(C)(C)C(C)(C)O1)C(=O)OC(C)(C)C. The van der Waals surface area contributed by atoms with Crippen molar-refractivity contribution in [3.8, 4) is 0 Å². The molecule has 0 unspecified atom stereocenters. The zero-order chi connectivity index (χ0) is 20.9. The molecular weight excluding hydrogens is 349 g/mol. The molecule has 1 saturated heterocycles. The van der Waals surface area contributed by atoms with Gasteiger partial charge < -0.3 is 23.7 Å². The molecule has 27 heavy (non-hydrogen) atoms. The van der Waals surface area contributed by atoms with E-state index >= 15 is 0 Å². The molecule has 0 saturated carbocycles. The number of rotatable bonds is 7. The average Bonchev–Trinajstić information content (AvgIpc) is 2.71. The Morgan fingerprint density at radius 3 is 2.11 bits per heavy atom. The van der Waals surface area contributed by atoms with Crippen LogP contribution in [0.3, 0.4) is 0 Å². The number of amides is 1. The molecule has 0 aromatic heterocycles. The second kappa shape index (κ2) is 9.10. The summed E-state index contributed by atoms with van der Waals surface area (Å²) in [5.41, 5.74) is -1.37. The van der Waals surface area contributed by atoms with E-state index in [0.29, 0.717) is 13.0 Å².